The summed E-state index contributed by atoms with van der Waals surface area (Å²) in [6, 6.07) is 5.70. The molecule has 0 unspecified atom stereocenters. The van der Waals surface area contributed by atoms with E-state index in [9.17, 15) is 4.79 Å². The van der Waals surface area contributed by atoms with Gasteiger partial charge in [-0.3, -0.25) is 14.5 Å². The lowest BCUT2D eigenvalue weighted by molar-refractivity contribution is -0.0413. The fourth-order valence-corrected chi connectivity index (χ4v) is 3.82. The second-order valence-electron chi connectivity index (χ2n) is 7.12. The number of rotatable bonds is 4. The van der Waals surface area contributed by atoms with Gasteiger partial charge < -0.3 is 14.4 Å². The maximum atomic E-state index is 12.6. The number of hydrogen-bond acceptors (Lipinski definition) is 5. The van der Waals surface area contributed by atoms with Crippen molar-refractivity contribution in [2.24, 2.45) is 7.05 Å². The number of carbonyl (C=O) groups excluding carboxylic acids is 1. The van der Waals surface area contributed by atoms with E-state index in [2.05, 4.69) is 10.1 Å². The Balaban J connectivity index is 1.29. The molecule has 0 saturated carbocycles. The van der Waals surface area contributed by atoms with Crippen LogP contribution in [0.5, 0.6) is 0 Å². The minimum absolute atomic E-state index is 0.0437. The van der Waals surface area contributed by atoms with Crippen LogP contribution in [-0.4, -0.2) is 57.0 Å². The number of piperidine rings is 1. The second-order valence-corrected chi connectivity index (χ2v) is 7.12. The highest BCUT2D eigenvalue weighted by molar-refractivity contribution is 5.92. The molecule has 2 fully saturated rings. The lowest BCUT2D eigenvalue weighted by Crippen LogP contribution is -2.47. The minimum Gasteiger partial charge on any atom is -0.372 e. The zero-order valence-electron chi connectivity index (χ0n) is 15.0. The van der Waals surface area contributed by atoms with Crippen LogP contribution in [0.2, 0.25) is 0 Å². The number of ether oxygens (including phenoxy) is 2. The van der Waals surface area contributed by atoms with E-state index in [1.165, 1.54) is 0 Å². The van der Waals surface area contributed by atoms with E-state index in [0.717, 1.165) is 24.8 Å². The summed E-state index contributed by atoms with van der Waals surface area (Å²) in [4.78, 5) is 18.6. The predicted molar refractivity (Wildman–Crippen MR) is 94.5 cm³/mol. The molecule has 1 spiro atoms. The number of aryl methyl sites for hydroxylation is 1. The molecule has 0 aromatic carbocycles. The molecule has 1 amide bonds. The van der Waals surface area contributed by atoms with Crippen molar-refractivity contribution < 1.29 is 14.3 Å². The summed E-state index contributed by atoms with van der Waals surface area (Å²) in [5.74, 6) is 0.0437. The quantitative estimate of drug-likeness (QED) is 0.835. The summed E-state index contributed by atoms with van der Waals surface area (Å²) >= 11 is 0. The van der Waals surface area contributed by atoms with Crippen molar-refractivity contribution in [2.45, 2.75) is 37.6 Å². The highest BCUT2D eigenvalue weighted by Gasteiger charge is 2.44. The van der Waals surface area contributed by atoms with E-state index in [1.54, 1.807) is 30.2 Å². The molecule has 7 heteroatoms. The van der Waals surface area contributed by atoms with E-state index in [0.29, 0.717) is 32.0 Å². The lowest BCUT2D eigenvalue weighted by atomic mass is 9.88. The van der Waals surface area contributed by atoms with Crippen LogP contribution < -0.4 is 0 Å². The molecule has 2 saturated heterocycles. The standard InChI is InChI=1S/C19H24N4O3/c1-22-17(4-8-21-22)18(24)23-9-5-19(6-10-23)11-16(14-26-19)25-13-15-3-2-7-20-12-15/h2-4,7-8,12,16H,5-6,9-11,13-14H2,1H3/t16-/m0/s1. The summed E-state index contributed by atoms with van der Waals surface area (Å²) in [6.45, 7) is 2.59. The highest BCUT2D eigenvalue weighted by atomic mass is 16.6. The first kappa shape index (κ1) is 17.2. The molecule has 1 atom stereocenters. The van der Waals surface area contributed by atoms with Gasteiger partial charge in [-0.25, -0.2) is 0 Å². The third kappa shape index (κ3) is 3.50. The molecule has 2 aliphatic heterocycles. The first-order valence-electron chi connectivity index (χ1n) is 9.07. The highest BCUT2D eigenvalue weighted by Crippen LogP contribution is 2.37. The fourth-order valence-electron chi connectivity index (χ4n) is 3.82. The SMILES string of the molecule is Cn1nccc1C(=O)N1CCC2(CC1)C[C@H](OCc1cccnc1)CO2. The van der Waals surface area contributed by atoms with E-state index >= 15 is 0 Å². The summed E-state index contributed by atoms with van der Waals surface area (Å²) in [7, 11) is 1.79. The van der Waals surface area contributed by atoms with Gasteiger partial charge in [-0.15, -0.1) is 0 Å². The fraction of sp³-hybridized carbons (Fsp3) is 0.526. The molecule has 26 heavy (non-hydrogen) atoms. The van der Waals surface area contributed by atoms with Gasteiger partial charge in [-0.05, 0) is 30.5 Å². The topological polar surface area (TPSA) is 69.5 Å². The molecular formula is C19H24N4O3. The van der Waals surface area contributed by atoms with Crippen LogP contribution in [0, 0.1) is 0 Å². The van der Waals surface area contributed by atoms with Gasteiger partial charge in [0.25, 0.3) is 5.91 Å². The molecule has 138 valence electrons. The number of pyridine rings is 1. The Labute approximate surface area is 152 Å². The second kappa shape index (κ2) is 7.17. The number of aromatic nitrogens is 3. The molecule has 0 aliphatic carbocycles. The average molecular weight is 356 g/mol. The number of amides is 1. The monoisotopic (exact) mass is 356 g/mol. The van der Waals surface area contributed by atoms with E-state index in [1.807, 2.05) is 23.2 Å². The van der Waals surface area contributed by atoms with E-state index in [4.69, 9.17) is 9.47 Å². The van der Waals surface area contributed by atoms with Crippen molar-refractivity contribution in [3.8, 4) is 0 Å². The first-order chi connectivity index (χ1) is 12.7. The Morgan fingerprint density at radius 3 is 2.88 bits per heavy atom. The smallest absolute Gasteiger partial charge is 0.272 e. The van der Waals surface area contributed by atoms with Gasteiger partial charge >= 0.3 is 0 Å². The molecule has 4 heterocycles. The van der Waals surface area contributed by atoms with Crippen molar-refractivity contribution in [1.82, 2.24) is 19.7 Å². The number of carbonyl (C=O) groups is 1. The summed E-state index contributed by atoms with van der Waals surface area (Å²) < 4.78 is 13.8. The van der Waals surface area contributed by atoms with Gasteiger partial charge in [0.05, 0.1) is 24.9 Å². The number of hydrogen-bond donors (Lipinski definition) is 0. The largest absolute Gasteiger partial charge is 0.372 e. The minimum atomic E-state index is -0.150. The van der Waals surface area contributed by atoms with Gasteiger partial charge in [0.15, 0.2) is 0 Å². The molecule has 2 aromatic rings. The van der Waals surface area contributed by atoms with Crippen LogP contribution in [0.15, 0.2) is 36.8 Å². The van der Waals surface area contributed by atoms with Crippen LogP contribution in [0.3, 0.4) is 0 Å². The number of nitrogens with zero attached hydrogens (tertiary/aromatic N) is 4. The van der Waals surface area contributed by atoms with E-state index in [-0.39, 0.29) is 17.6 Å². The van der Waals surface area contributed by atoms with Crippen molar-refractivity contribution >= 4 is 5.91 Å². The Kier molecular flexibility index (Phi) is 4.74. The molecule has 4 rings (SSSR count). The van der Waals surface area contributed by atoms with Crippen LogP contribution in [0.25, 0.3) is 0 Å². The molecule has 0 radical (unpaired) electrons. The van der Waals surface area contributed by atoms with Gasteiger partial charge in [0.1, 0.15) is 5.69 Å². The van der Waals surface area contributed by atoms with Gasteiger partial charge in [-0.1, -0.05) is 6.07 Å². The van der Waals surface area contributed by atoms with Gasteiger partial charge in [0.2, 0.25) is 0 Å². The average Bonchev–Trinajstić information content (AvgIpc) is 3.27. The molecule has 2 aliphatic rings. The zero-order valence-corrected chi connectivity index (χ0v) is 15.0. The summed E-state index contributed by atoms with van der Waals surface area (Å²) in [6.07, 6.45) is 7.94. The lowest BCUT2D eigenvalue weighted by Gasteiger charge is -2.38. The van der Waals surface area contributed by atoms with Crippen molar-refractivity contribution in [3.63, 3.8) is 0 Å². The molecule has 0 bridgehead atoms. The Morgan fingerprint density at radius 2 is 2.19 bits per heavy atom. The van der Waals surface area contributed by atoms with Crippen LogP contribution in [0.4, 0.5) is 0 Å². The number of likely N-dealkylation sites (tertiary alicyclic amines) is 1. The Hall–Kier alpha value is -2.25. The van der Waals surface area contributed by atoms with Crippen molar-refractivity contribution in [3.05, 3.63) is 48.0 Å². The zero-order chi connectivity index (χ0) is 18.0. The Morgan fingerprint density at radius 1 is 1.35 bits per heavy atom. The van der Waals surface area contributed by atoms with E-state index < -0.39 is 0 Å². The normalized spacial score (nSPS) is 22.0. The molecule has 0 N–H and O–H groups in total. The van der Waals surface area contributed by atoms with Crippen LogP contribution >= 0.6 is 0 Å². The third-order valence-electron chi connectivity index (χ3n) is 5.39. The van der Waals surface area contributed by atoms with Crippen LogP contribution in [0.1, 0.15) is 35.3 Å². The summed E-state index contributed by atoms with van der Waals surface area (Å²) in [5, 5.41) is 4.08. The Bertz CT molecular complexity index is 753. The predicted octanol–water partition coefficient (Wildman–Crippen LogP) is 1.80. The van der Waals surface area contributed by atoms with Crippen molar-refractivity contribution in [2.75, 3.05) is 19.7 Å². The third-order valence-corrected chi connectivity index (χ3v) is 5.39. The van der Waals surface area contributed by atoms with Crippen LogP contribution in [-0.2, 0) is 23.1 Å². The maximum Gasteiger partial charge on any atom is 0.272 e. The molecule has 7 nitrogen and oxygen atoms in total. The first-order valence-corrected chi connectivity index (χ1v) is 9.07. The summed E-state index contributed by atoms with van der Waals surface area (Å²) in [5.41, 5.74) is 1.55. The van der Waals surface area contributed by atoms with Gasteiger partial charge in [0, 0.05) is 45.1 Å². The molecule has 2 aromatic heterocycles. The molecular weight excluding hydrogens is 332 g/mol. The van der Waals surface area contributed by atoms with Gasteiger partial charge in [-0.2, -0.15) is 5.10 Å². The maximum absolute atomic E-state index is 12.6. The van der Waals surface area contributed by atoms with Crippen molar-refractivity contribution in [1.29, 1.82) is 0 Å².